The van der Waals surface area contributed by atoms with E-state index in [1.54, 1.807) is 0 Å². The van der Waals surface area contributed by atoms with Gasteiger partial charge in [0.05, 0.1) is 11.4 Å². The van der Waals surface area contributed by atoms with Crippen LogP contribution in [0.15, 0.2) is 41.3 Å². The lowest BCUT2D eigenvalue weighted by Gasteiger charge is -2.15. The van der Waals surface area contributed by atoms with Crippen LogP contribution in [0.4, 0.5) is 14.9 Å². The molecule has 1 fully saturated rings. The molecule has 1 saturated heterocycles. The van der Waals surface area contributed by atoms with Gasteiger partial charge in [-0.1, -0.05) is 6.07 Å². The molecular formula is C19H21FN2O4S. The highest BCUT2D eigenvalue weighted by atomic mass is 32.2. The highest BCUT2D eigenvalue weighted by Gasteiger charge is 2.33. The first kappa shape index (κ1) is 19.3. The average molecular weight is 392 g/mol. The standard InChI is InChI=1S/C19H21FN2O4S/c1-12-6-13(2)8-15(7-12)22-11-16(26-19(22)23)10-21-27(24,25)17-4-5-18(20)14(3)9-17/h4-9,16,21H,10-11H2,1-3H3. The fraction of sp³-hybridized carbons (Fsp3) is 0.316. The third-order valence-corrected chi connectivity index (χ3v) is 5.75. The van der Waals surface area contributed by atoms with Crippen molar-refractivity contribution in [1.82, 2.24) is 4.72 Å². The molecule has 1 aliphatic rings. The van der Waals surface area contributed by atoms with Crippen LogP contribution in [0.3, 0.4) is 0 Å². The van der Waals surface area contributed by atoms with Gasteiger partial charge in [-0.3, -0.25) is 4.90 Å². The topological polar surface area (TPSA) is 75.7 Å². The predicted molar refractivity (Wildman–Crippen MR) is 99.9 cm³/mol. The molecule has 1 N–H and O–H groups in total. The lowest BCUT2D eigenvalue weighted by atomic mass is 10.1. The first-order chi connectivity index (χ1) is 12.7. The fourth-order valence-electron chi connectivity index (χ4n) is 3.02. The van der Waals surface area contributed by atoms with Crippen LogP contribution in [0.25, 0.3) is 0 Å². The number of nitrogens with zero attached hydrogens (tertiary/aromatic N) is 1. The summed E-state index contributed by atoms with van der Waals surface area (Å²) in [6, 6.07) is 9.33. The van der Waals surface area contributed by atoms with E-state index in [1.807, 2.05) is 32.0 Å². The summed E-state index contributed by atoms with van der Waals surface area (Å²) < 4.78 is 45.8. The van der Waals surface area contributed by atoms with Gasteiger partial charge in [-0.2, -0.15) is 0 Å². The predicted octanol–water partition coefficient (Wildman–Crippen LogP) is 3.05. The molecule has 1 unspecified atom stereocenters. The Morgan fingerprint density at radius 3 is 2.44 bits per heavy atom. The number of anilines is 1. The summed E-state index contributed by atoms with van der Waals surface area (Å²) in [5.41, 5.74) is 3.01. The molecule has 0 aromatic heterocycles. The van der Waals surface area contributed by atoms with Crippen molar-refractivity contribution in [2.24, 2.45) is 0 Å². The normalized spacial score (nSPS) is 17.3. The smallest absolute Gasteiger partial charge is 0.414 e. The van der Waals surface area contributed by atoms with Crippen molar-refractivity contribution in [2.45, 2.75) is 31.8 Å². The number of halogens is 1. The molecule has 1 heterocycles. The first-order valence-electron chi connectivity index (χ1n) is 8.48. The lowest BCUT2D eigenvalue weighted by Crippen LogP contribution is -2.34. The largest absolute Gasteiger partial charge is 0.443 e. The Bertz CT molecular complexity index is 971. The van der Waals surface area contributed by atoms with Crippen LogP contribution >= 0.6 is 0 Å². The van der Waals surface area contributed by atoms with E-state index in [4.69, 9.17) is 4.74 Å². The molecule has 0 aliphatic carbocycles. The van der Waals surface area contributed by atoms with Crippen molar-refractivity contribution in [1.29, 1.82) is 0 Å². The molecule has 0 radical (unpaired) electrons. The molecule has 1 atom stereocenters. The van der Waals surface area contributed by atoms with Gasteiger partial charge in [0, 0.05) is 12.2 Å². The number of benzene rings is 2. The molecule has 144 valence electrons. The molecular weight excluding hydrogens is 371 g/mol. The molecule has 0 spiro atoms. The van der Waals surface area contributed by atoms with Crippen molar-refractivity contribution in [3.05, 3.63) is 58.9 Å². The molecule has 1 amide bonds. The molecule has 3 rings (SSSR count). The number of sulfonamides is 1. The van der Waals surface area contributed by atoms with Gasteiger partial charge in [0.15, 0.2) is 0 Å². The molecule has 0 bridgehead atoms. The summed E-state index contributed by atoms with van der Waals surface area (Å²) in [4.78, 5) is 13.6. The maximum atomic E-state index is 13.3. The van der Waals surface area contributed by atoms with Gasteiger partial charge >= 0.3 is 6.09 Å². The second-order valence-electron chi connectivity index (χ2n) is 6.73. The molecule has 2 aromatic carbocycles. The van der Waals surface area contributed by atoms with Crippen molar-refractivity contribution in [2.75, 3.05) is 18.0 Å². The lowest BCUT2D eigenvalue weighted by molar-refractivity contribution is 0.143. The Hall–Kier alpha value is -2.45. The van der Waals surface area contributed by atoms with Gasteiger partial charge in [-0.25, -0.2) is 22.3 Å². The van der Waals surface area contributed by atoms with Crippen molar-refractivity contribution >= 4 is 21.8 Å². The number of carbonyl (C=O) groups excluding carboxylic acids is 1. The number of rotatable bonds is 5. The number of cyclic esters (lactones) is 1. The minimum atomic E-state index is -3.83. The van der Waals surface area contributed by atoms with Gasteiger partial charge in [-0.15, -0.1) is 0 Å². The maximum absolute atomic E-state index is 13.3. The Morgan fingerprint density at radius 2 is 1.81 bits per heavy atom. The number of ether oxygens (including phenoxy) is 1. The number of amides is 1. The van der Waals surface area contributed by atoms with Crippen LogP contribution in [0.2, 0.25) is 0 Å². The zero-order valence-corrected chi connectivity index (χ0v) is 16.1. The third kappa shape index (κ3) is 4.28. The van der Waals surface area contributed by atoms with Crippen LogP contribution in [-0.4, -0.2) is 33.7 Å². The second kappa shape index (κ2) is 7.28. The summed E-state index contributed by atoms with van der Waals surface area (Å²) in [5, 5.41) is 0. The zero-order valence-electron chi connectivity index (χ0n) is 15.3. The van der Waals surface area contributed by atoms with Crippen LogP contribution in [-0.2, 0) is 14.8 Å². The van der Waals surface area contributed by atoms with E-state index in [9.17, 15) is 17.6 Å². The van der Waals surface area contributed by atoms with Crippen LogP contribution in [0, 0.1) is 26.6 Å². The monoisotopic (exact) mass is 392 g/mol. The summed E-state index contributed by atoms with van der Waals surface area (Å²) >= 11 is 0. The number of hydrogen-bond acceptors (Lipinski definition) is 4. The quantitative estimate of drug-likeness (QED) is 0.849. The molecule has 0 saturated carbocycles. The van der Waals surface area contributed by atoms with E-state index < -0.39 is 28.0 Å². The molecule has 6 nitrogen and oxygen atoms in total. The van der Waals surface area contributed by atoms with Gasteiger partial charge in [0.2, 0.25) is 10.0 Å². The fourth-order valence-corrected chi connectivity index (χ4v) is 4.17. The van der Waals surface area contributed by atoms with Crippen LogP contribution in [0.5, 0.6) is 0 Å². The van der Waals surface area contributed by atoms with Gasteiger partial charge in [-0.05, 0) is 67.8 Å². The van der Waals surface area contributed by atoms with Gasteiger partial charge in [0.25, 0.3) is 0 Å². The summed E-state index contributed by atoms with van der Waals surface area (Å²) in [5.74, 6) is -0.470. The van der Waals surface area contributed by atoms with E-state index in [2.05, 4.69) is 4.72 Å². The van der Waals surface area contributed by atoms with E-state index in [0.29, 0.717) is 0 Å². The Labute approximate surface area is 158 Å². The number of carbonyl (C=O) groups is 1. The highest BCUT2D eigenvalue weighted by molar-refractivity contribution is 7.89. The van der Waals surface area contributed by atoms with E-state index in [1.165, 1.54) is 24.0 Å². The number of nitrogens with one attached hydrogen (secondary N) is 1. The molecule has 8 heteroatoms. The van der Waals surface area contributed by atoms with E-state index in [0.717, 1.165) is 22.9 Å². The average Bonchev–Trinajstić information content (AvgIpc) is 2.95. The Kier molecular flexibility index (Phi) is 5.21. The molecule has 27 heavy (non-hydrogen) atoms. The minimum Gasteiger partial charge on any atom is -0.443 e. The van der Waals surface area contributed by atoms with Crippen molar-refractivity contribution in [3.8, 4) is 0 Å². The SMILES string of the molecule is Cc1cc(C)cc(N2CC(CNS(=O)(=O)c3ccc(F)c(C)c3)OC2=O)c1. The summed E-state index contributed by atoms with van der Waals surface area (Å²) in [6.07, 6.45) is -1.13. The Balaban J connectivity index is 1.68. The maximum Gasteiger partial charge on any atom is 0.414 e. The van der Waals surface area contributed by atoms with Gasteiger partial charge in [0.1, 0.15) is 11.9 Å². The molecule has 2 aromatic rings. The van der Waals surface area contributed by atoms with Crippen molar-refractivity contribution in [3.63, 3.8) is 0 Å². The Morgan fingerprint density at radius 1 is 1.15 bits per heavy atom. The van der Waals surface area contributed by atoms with E-state index in [-0.39, 0.29) is 23.5 Å². The third-order valence-electron chi connectivity index (χ3n) is 4.33. The number of hydrogen-bond donors (Lipinski definition) is 1. The minimum absolute atomic E-state index is 0.0307. The number of aryl methyl sites for hydroxylation is 3. The first-order valence-corrected chi connectivity index (χ1v) is 9.96. The van der Waals surface area contributed by atoms with Crippen LogP contribution < -0.4 is 9.62 Å². The molecule has 1 aliphatic heterocycles. The zero-order chi connectivity index (χ0) is 19.8. The van der Waals surface area contributed by atoms with Crippen molar-refractivity contribution < 1.29 is 22.3 Å². The van der Waals surface area contributed by atoms with E-state index >= 15 is 0 Å². The summed E-state index contributed by atoms with van der Waals surface area (Å²) in [6.45, 7) is 5.55. The van der Waals surface area contributed by atoms with Crippen LogP contribution in [0.1, 0.15) is 16.7 Å². The van der Waals surface area contributed by atoms with Gasteiger partial charge < -0.3 is 4.74 Å². The second-order valence-corrected chi connectivity index (χ2v) is 8.49. The summed E-state index contributed by atoms with van der Waals surface area (Å²) in [7, 11) is -3.83. The highest BCUT2D eigenvalue weighted by Crippen LogP contribution is 2.24.